The highest BCUT2D eigenvalue weighted by atomic mass is 16.6. The number of hydrogen-bond donors (Lipinski definition) is 0. The van der Waals surface area contributed by atoms with Gasteiger partial charge in [0.15, 0.2) is 0 Å². The summed E-state index contributed by atoms with van der Waals surface area (Å²) in [6.07, 6.45) is 3.02. The fourth-order valence-corrected chi connectivity index (χ4v) is 8.18. The van der Waals surface area contributed by atoms with Crippen LogP contribution in [0.4, 0.5) is 0 Å². The number of methoxy groups -OCH3 is 2. The van der Waals surface area contributed by atoms with Crippen LogP contribution in [-0.2, 0) is 85.8 Å². The minimum absolute atomic E-state index is 0.0167. The van der Waals surface area contributed by atoms with Gasteiger partial charge in [-0.1, -0.05) is 20.1 Å². The van der Waals surface area contributed by atoms with Crippen LogP contribution in [0.25, 0.3) is 0 Å². The van der Waals surface area contributed by atoms with E-state index in [0.29, 0.717) is 38.5 Å². The molecule has 80 heavy (non-hydrogen) atoms. The molecule has 4 rings (SSSR count). The zero-order chi connectivity index (χ0) is 58.6. The van der Waals surface area contributed by atoms with E-state index in [1.165, 1.54) is 36.4 Å². The predicted molar refractivity (Wildman–Crippen MR) is 272 cm³/mol. The molecule has 0 heterocycles. The molecule has 0 bridgehead atoms. The first-order valence-corrected chi connectivity index (χ1v) is 26.0. The number of carbonyl (C=O) groups is 12. The van der Waals surface area contributed by atoms with Crippen molar-refractivity contribution in [2.24, 2.45) is 17.8 Å². The summed E-state index contributed by atoms with van der Waals surface area (Å²) in [5.74, 6) is -10.6. The van der Waals surface area contributed by atoms with Crippen LogP contribution in [0.3, 0.4) is 0 Å². The Bertz CT molecular complexity index is 2570. The third kappa shape index (κ3) is 22.1. The topological polar surface area (TPSA) is 316 Å². The number of ether oxygens (including phenoxy) is 12. The molecule has 2 saturated carbocycles. The molecular formula is C56H66O24. The van der Waals surface area contributed by atoms with Crippen molar-refractivity contribution in [2.75, 3.05) is 40.6 Å². The van der Waals surface area contributed by atoms with E-state index in [4.69, 9.17) is 56.8 Å². The molecule has 2 aromatic carbocycles. The third-order valence-corrected chi connectivity index (χ3v) is 12.5. The van der Waals surface area contributed by atoms with Gasteiger partial charge in [-0.15, -0.1) is 0 Å². The van der Waals surface area contributed by atoms with Gasteiger partial charge in [-0.2, -0.15) is 0 Å². The van der Waals surface area contributed by atoms with Gasteiger partial charge in [0, 0.05) is 18.6 Å². The highest BCUT2D eigenvalue weighted by Crippen LogP contribution is 2.35. The average Bonchev–Trinajstić information content (AvgIpc) is 3.46. The number of carbonyl (C=O) groups excluding carboxylic acids is 12. The van der Waals surface area contributed by atoms with E-state index in [1.54, 1.807) is 6.92 Å². The van der Waals surface area contributed by atoms with Gasteiger partial charge in [-0.05, 0) is 107 Å². The molecule has 0 amide bonds. The molecule has 0 saturated heterocycles. The van der Waals surface area contributed by atoms with Crippen molar-refractivity contribution in [1.82, 2.24) is 0 Å². The van der Waals surface area contributed by atoms with Crippen LogP contribution in [0, 0.1) is 17.8 Å². The largest absolute Gasteiger partial charge is 0.465 e. The van der Waals surface area contributed by atoms with Crippen LogP contribution in [0.15, 0.2) is 61.7 Å². The van der Waals surface area contributed by atoms with E-state index < -0.39 is 102 Å². The minimum atomic E-state index is -0.883. The molecule has 24 heteroatoms. The highest BCUT2D eigenvalue weighted by molar-refractivity contribution is 5.95. The van der Waals surface area contributed by atoms with Gasteiger partial charge in [0.25, 0.3) is 0 Å². The van der Waals surface area contributed by atoms with Gasteiger partial charge in [0.2, 0.25) is 0 Å². The lowest BCUT2D eigenvalue weighted by molar-refractivity contribution is -0.156. The molecule has 1 unspecified atom stereocenters. The average molecular weight is 1120 g/mol. The Kier molecular flexibility index (Phi) is 27.0. The van der Waals surface area contributed by atoms with Crippen LogP contribution in [0.5, 0.6) is 23.0 Å². The first-order chi connectivity index (χ1) is 38.4. The fraction of sp³-hybridized carbons (Fsp3) is 0.500. The number of rotatable bonds is 30. The highest BCUT2D eigenvalue weighted by Gasteiger charge is 2.35. The summed E-state index contributed by atoms with van der Waals surface area (Å²) in [7, 11) is 2.24. The number of hydrogen-bond acceptors (Lipinski definition) is 24. The Balaban J connectivity index is 1.20. The second-order valence-electron chi connectivity index (χ2n) is 18.1. The fourth-order valence-electron chi connectivity index (χ4n) is 8.18. The molecule has 2 aliphatic rings. The number of benzene rings is 2. The normalized spacial score (nSPS) is 16.8. The molecule has 0 aliphatic heterocycles. The van der Waals surface area contributed by atoms with Crippen LogP contribution in [-0.4, -0.2) is 124 Å². The molecular weight excluding hydrogens is 1060 g/mol. The molecule has 2 aliphatic carbocycles. The molecule has 0 aromatic heterocycles. The maximum Gasteiger partial charge on any atom is 0.341 e. The van der Waals surface area contributed by atoms with E-state index in [0.717, 1.165) is 26.4 Å². The Morgan fingerprint density at radius 1 is 0.500 bits per heavy atom. The summed E-state index contributed by atoms with van der Waals surface area (Å²) in [4.78, 5) is 149. The van der Waals surface area contributed by atoms with E-state index in [1.807, 2.05) is 0 Å². The molecule has 2 aromatic rings. The Morgan fingerprint density at radius 3 is 1.36 bits per heavy atom. The Morgan fingerprint density at radius 2 is 0.912 bits per heavy atom. The second-order valence-corrected chi connectivity index (χ2v) is 18.1. The SMILES string of the molecule is C=CC(=O)OCCOC(=O)CCC(=O)OC(CC)CCCC(=O)Oc1ccc(OC(=O)C2CCC(C(=O)Oc3ccc(OC(=O)C4CCC(OC(=O)CCC(=O)OCCOC(=O)C=C)CC4)cc3C(=O)OC)CC2)c(C(=O)OC)c1. The van der Waals surface area contributed by atoms with Gasteiger partial charge in [-0.3, -0.25) is 38.4 Å². The Labute approximate surface area is 460 Å². The molecule has 0 spiro atoms. The van der Waals surface area contributed by atoms with Crippen molar-refractivity contribution in [2.45, 2.75) is 122 Å². The summed E-state index contributed by atoms with van der Waals surface area (Å²) in [6, 6.07) is 7.65. The van der Waals surface area contributed by atoms with Gasteiger partial charge in [0.05, 0.1) is 57.7 Å². The van der Waals surface area contributed by atoms with Crippen LogP contribution < -0.4 is 18.9 Å². The van der Waals surface area contributed by atoms with Gasteiger partial charge in [-0.25, -0.2) is 19.2 Å². The lowest BCUT2D eigenvalue weighted by Gasteiger charge is -2.27. The standard InChI is InChI=1S/C56H66O24/c1-6-37(75-50(62)26-24-47(59)73-30-28-71-45(57)7-2)10-9-11-49(61)77-39-20-22-43(41(32-39)55(67)69-4)79-53(65)34-12-14-35(15-13-34)54(66)80-44-23-21-40(33-42(44)56(68)70-5)78-52(64)36-16-18-38(19-17-36)76-51(63)27-25-48(60)74-31-29-72-46(58)8-3/h7-8,20-23,32-38H,2-3,6,9-19,24-31H2,1,4-5H3. The van der Waals surface area contributed by atoms with E-state index in [-0.39, 0.29) is 125 Å². The van der Waals surface area contributed by atoms with Crippen molar-refractivity contribution < 1.29 is 114 Å². The van der Waals surface area contributed by atoms with Crippen molar-refractivity contribution in [3.63, 3.8) is 0 Å². The van der Waals surface area contributed by atoms with Gasteiger partial charge < -0.3 is 56.8 Å². The summed E-state index contributed by atoms with van der Waals surface area (Å²) in [5.41, 5.74) is -0.393. The molecule has 434 valence electrons. The summed E-state index contributed by atoms with van der Waals surface area (Å²) >= 11 is 0. The van der Waals surface area contributed by atoms with Crippen LogP contribution in [0.2, 0.25) is 0 Å². The summed E-state index contributed by atoms with van der Waals surface area (Å²) in [6.45, 7) is 7.62. The maximum atomic E-state index is 13.4. The van der Waals surface area contributed by atoms with Crippen LogP contribution in [0.1, 0.15) is 130 Å². The Hall–Kier alpha value is -8.44. The van der Waals surface area contributed by atoms with Crippen molar-refractivity contribution in [1.29, 1.82) is 0 Å². The smallest absolute Gasteiger partial charge is 0.341 e. The molecule has 2 fully saturated rings. The van der Waals surface area contributed by atoms with Crippen molar-refractivity contribution in [3.8, 4) is 23.0 Å². The van der Waals surface area contributed by atoms with Crippen molar-refractivity contribution in [3.05, 3.63) is 72.8 Å². The zero-order valence-corrected chi connectivity index (χ0v) is 44.9. The third-order valence-electron chi connectivity index (χ3n) is 12.5. The van der Waals surface area contributed by atoms with E-state index in [2.05, 4.69) is 13.2 Å². The van der Waals surface area contributed by atoms with E-state index in [9.17, 15) is 57.5 Å². The quantitative estimate of drug-likeness (QED) is 0.0281. The lowest BCUT2D eigenvalue weighted by Crippen LogP contribution is -2.31. The molecule has 0 N–H and O–H groups in total. The minimum Gasteiger partial charge on any atom is -0.465 e. The van der Waals surface area contributed by atoms with Crippen LogP contribution >= 0.6 is 0 Å². The second kappa shape index (κ2) is 33.8. The summed E-state index contributed by atoms with van der Waals surface area (Å²) in [5, 5.41) is 0. The molecule has 24 nitrogen and oxygen atoms in total. The first kappa shape index (κ1) is 64.1. The van der Waals surface area contributed by atoms with Gasteiger partial charge >= 0.3 is 71.6 Å². The monoisotopic (exact) mass is 1120 g/mol. The predicted octanol–water partition coefficient (Wildman–Crippen LogP) is 6.09. The molecule has 0 radical (unpaired) electrons. The first-order valence-electron chi connectivity index (χ1n) is 26.0. The summed E-state index contributed by atoms with van der Waals surface area (Å²) < 4.78 is 62.2. The maximum absolute atomic E-state index is 13.4. The lowest BCUT2D eigenvalue weighted by atomic mass is 9.82. The van der Waals surface area contributed by atoms with Crippen molar-refractivity contribution >= 4 is 71.6 Å². The van der Waals surface area contributed by atoms with E-state index >= 15 is 0 Å². The van der Waals surface area contributed by atoms with Gasteiger partial charge in [0.1, 0.15) is 72.8 Å². The molecule has 1 atom stereocenters. The number of esters is 12. The zero-order valence-electron chi connectivity index (χ0n) is 44.9.